The third-order valence-electron chi connectivity index (χ3n) is 5.57. The number of carbonyl (C=O) groups excluding carboxylic acids is 1. The molecular formula is C24H26Cl2N4O2. The highest BCUT2D eigenvalue weighted by atomic mass is 35.5. The average Bonchev–Trinajstić information content (AvgIpc) is 3.59. The third kappa shape index (κ3) is 5.15. The van der Waals surface area contributed by atoms with Gasteiger partial charge in [-0.1, -0.05) is 47.5 Å². The molecule has 0 unspecified atom stereocenters. The van der Waals surface area contributed by atoms with Crippen LogP contribution in [0.1, 0.15) is 40.4 Å². The monoisotopic (exact) mass is 472 g/mol. The number of aromatic nitrogens is 2. The Morgan fingerprint density at radius 2 is 1.81 bits per heavy atom. The third-order valence-corrected chi connectivity index (χ3v) is 6.11. The molecule has 0 atom stereocenters. The van der Waals surface area contributed by atoms with Crippen LogP contribution in [-0.4, -0.2) is 42.0 Å². The van der Waals surface area contributed by atoms with Crippen molar-refractivity contribution in [1.82, 2.24) is 15.1 Å². The Morgan fingerprint density at radius 1 is 1.12 bits per heavy atom. The highest BCUT2D eigenvalue weighted by Gasteiger charge is 2.25. The fourth-order valence-corrected chi connectivity index (χ4v) is 4.23. The normalized spacial score (nSPS) is 15.7. The average molecular weight is 473 g/mol. The van der Waals surface area contributed by atoms with E-state index in [1.807, 2.05) is 6.92 Å². The van der Waals surface area contributed by atoms with E-state index in [9.17, 15) is 4.79 Å². The Hall–Kier alpha value is -2.38. The van der Waals surface area contributed by atoms with Gasteiger partial charge in [0.25, 0.3) is 5.91 Å². The number of halogens is 2. The molecular weight excluding hydrogens is 447 g/mol. The van der Waals surface area contributed by atoms with E-state index < -0.39 is 5.91 Å². The van der Waals surface area contributed by atoms with Gasteiger partial charge in [-0.2, -0.15) is 5.10 Å². The van der Waals surface area contributed by atoms with Gasteiger partial charge < -0.3 is 15.8 Å². The van der Waals surface area contributed by atoms with Crippen LogP contribution in [0.2, 0.25) is 10.0 Å². The number of hydrogen-bond donors (Lipinski definition) is 2. The van der Waals surface area contributed by atoms with Crippen LogP contribution in [0.25, 0.3) is 16.9 Å². The Labute approximate surface area is 197 Å². The van der Waals surface area contributed by atoms with Gasteiger partial charge in [0.2, 0.25) is 0 Å². The molecule has 1 aromatic heterocycles. The number of carbonyl (C=O) groups is 1. The van der Waals surface area contributed by atoms with Crippen LogP contribution in [0.5, 0.6) is 0 Å². The highest BCUT2D eigenvalue weighted by molar-refractivity contribution is 6.35. The Bertz CT molecular complexity index is 1090. The smallest absolute Gasteiger partial charge is 0.269 e. The summed E-state index contributed by atoms with van der Waals surface area (Å²) in [6.45, 7) is 5.68. The fourth-order valence-electron chi connectivity index (χ4n) is 3.74. The minimum atomic E-state index is -0.567. The van der Waals surface area contributed by atoms with E-state index in [-0.39, 0.29) is 5.69 Å². The van der Waals surface area contributed by atoms with E-state index in [2.05, 4.69) is 34.7 Å². The Balaban J connectivity index is 0.000000354. The first-order valence-corrected chi connectivity index (χ1v) is 11.4. The standard InChI is InChI=1S/C20H17Cl2N3O.C4H9NO/c1-11-18(20(23)26)24-25(17-9-8-15(21)10-16(17)22)19(11)14-6-4-13(5-7-14)12-2-3-12;1-3-6-4-2-5-1/h4-10,12H,2-3H2,1H3,(H2,23,26);5H,1-4H2. The fraction of sp³-hybridized carbons (Fsp3) is 0.333. The van der Waals surface area contributed by atoms with Crippen molar-refractivity contribution in [2.24, 2.45) is 5.73 Å². The first kappa shape index (κ1) is 22.8. The molecule has 2 aromatic carbocycles. The number of benzene rings is 2. The molecule has 1 saturated carbocycles. The number of nitrogens with two attached hydrogens (primary N) is 1. The quantitative estimate of drug-likeness (QED) is 0.574. The highest BCUT2D eigenvalue weighted by Crippen LogP contribution is 2.41. The lowest BCUT2D eigenvalue weighted by atomic mass is 10.0. The van der Waals surface area contributed by atoms with Gasteiger partial charge in [-0.15, -0.1) is 0 Å². The Morgan fingerprint density at radius 3 is 2.31 bits per heavy atom. The van der Waals surface area contributed by atoms with Gasteiger partial charge in [-0.3, -0.25) is 4.79 Å². The van der Waals surface area contributed by atoms with Crippen LogP contribution < -0.4 is 11.1 Å². The molecule has 1 amide bonds. The van der Waals surface area contributed by atoms with Crippen LogP contribution in [0, 0.1) is 6.92 Å². The summed E-state index contributed by atoms with van der Waals surface area (Å²) in [6, 6.07) is 13.6. The minimum absolute atomic E-state index is 0.234. The van der Waals surface area contributed by atoms with Gasteiger partial charge >= 0.3 is 0 Å². The topological polar surface area (TPSA) is 82.2 Å². The second kappa shape index (κ2) is 10.0. The van der Waals surface area contributed by atoms with Crippen LogP contribution in [0.3, 0.4) is 0 Å². The number of morpholine rings is 1. The lowest BCUT2D eigenvalue weighted by Crippen LogP contribution is -2.30. The molecule has 2 heterocycles. The van der Waals surface area contributed by atoms with Gasteiger partial charge in [0.15, 0.2) is 5.69 Å². The minimum Gasteiger partial charge on any atom is -0.379 e. The SMILES string of the molecule is C1COCCN1.Cc1c(C(N)=O)nn(-c2ccc(Cl)cc2Cl)c1-c1ccc(C2CC2)cc1. The molecule has 0 bridgehead atoms. The van der Waals surface area contributed by atoms with Crippen molar-refractivity contribution in [2.45, 2.75) is 25.7 Å². The predicted octanol–water partition coefficient (Wildman–Crippen LogP) is 4.74. The summed E-state index contributed by atoms with van der Waals surface area (Å²) in [5, 5.41) is 8.58. The maximum absolute atomic E-state index is 11.8. The van der Waals surface area contributed by atoms with E-state index in [0.717, 1.165) is 43.1 Å². The summed E-state index contributed by atoms with van der Waals surface area (Å²) >= 11 is 12.4. The molecule has 1 saturated heterocycles. The van der Waals surface area contributed by atoms with Crippen molar-refractivity contribution in [2.75, 3.05) is 26.3 Å². The van der Waals surface area contributed by atoms with Crippen molar-refractivity contribution >= 4 is 29.1 Å². The largest absolute Gasteiger partial charge is 0.379 e. The van der Waals surface area contributed by atoms with Crippen LogP contribution in [0.4, 0.5) is 0 Å². The second-order valence-electron chi connectivity index (χ2n) is 7.95. The molecule has 1 aliphatic heterocycles. The van der Waals surface area contributed by atoms with Crippen molar-refractivity contribution in [3.63, 3.8) is 0 Å². The number of rotatable bonds is 4. The van der Waals surface area contributed by atoms with E-state index in [1.54, 1.807) is 22.9 Å². The van der Waals surface area contributed by atoms with Crippen molar-refractivity contribution in [3.8, 4) is 16.9 Å². The first-order chi connectivity index (χ1) is 15.5. The number of ether oxygens (including phenoxy) is 1. The van der Waals surface area contributed by atoms with Crippen molar-refractivity contribution < 1.29 is 9.53 Å². The molecule has 3 aromatic rings. The lowest BCUT2D eigenvalue weighted by Gasteiger charge is -2.11. The lowest BCUT2D eigenvalue weighted by molar-refractivity contribution is 0.0994. The summed E-state index contributed by atoms with van der Waals surface area (Å²) in [7, 11) is 0. The van der Waals surface area contributed by atoms with Gasteiger partial charge in [-0.05, 0) is 49.4 Å². The summed E-state index contributed by atoms with van der Waals surface area (Å²) in [6.07, 6.45) is 2.50. The molecule has 1 aliphatic carbocycles. The predicted molar refractivity (Wildman–Crippen MR) is 128 cm³/mol. The molecule has 3 N–H and O–H groups in total. The molecule has 0 spiro atoms. The number of primary amides is 1. The zero-order valence-corrected chi connectivity index (χ0v) is 19.4. The zero-order valence-electron chi connectivity index (χ0n) is 17.9. The Kier molecular flexibility index (Phi) is 7.16. The maximum Gasteiger partial charge on any atom is 0.269 e. The zero-order chi connectivity index (χ0) is 22.7. The molecule has 32 heavy (non-hydrogen) atoms. The van der Waals surface area contributed by atoms with Crippen LogP contribution in [0.15, 0.2) is 42.5 Å². The summed E-state index contributed by atoms with van der Waals surface area (Å²) in [4.78, 5) is 11.8. The maximum atomic E-state index is 11.8. The molecule has 2 aliphatic rings. The molecule has 2 fully saturated rings. The second-order valence-corrected chi connectivity index (χ2v) is 8.80. The first-order valence-electron chi connectivity index (χ1n) is 10.7. The van der Waals surface area contributed by atoms with Crippen LogP contribution >= 0.6 is 23.2 Å². The van der Waals surface area contributed by atoms with E-state index in [0.29, 0.717) is 21.7 Å². The van der Waals surface area contributed by atoms with E-state index >= 15 is 0 Å². The van der Waals surface area contributed by atoms with Crippen molar-refractivity contribution in [3.05, 3.63) is 69.3 Å². The van der Waals surface area contributed by atoms with Crippen LogP contribution in [-0.2, 0) is 4.74 Å². The molecule has 8 heteroatoms. The van der Waals surface area contributed by atoms with Gasteiger partial charge in [0.05, 0.1) is 29.6 Å². The van der Waals surface area contributed by atoms with Crippen molar-refractivity contribution in [1.29, 1.82) is 0 Å². The molecule has 0 radical (unpaired) electrons. The molecule has 5 rings (SSSR count). The number of nitrogens with one attached hydrogen (secondary N) is 1. The molecule has 168 valence electrons. The molecule has 6 nitrogen and oxygen atoms in total. The van der Waals surface area contributed by atoms with Gasteiger partial charge in [0.1, 0.15) is 0 Å². The summed E-state index contributed by atoms with van der Waals surface area (Å²) < 4.78 is 6.67. The number of nitrogens with zero attached hydrogens (tertiary/aromatic N) is 2. The summed E-state index contributed by atoms with van der Waals surface area (Å²) in [5.41, 5.74) is 10.2. The summed E-state index contributed by atoms with van der Waals surface area (Å²) in [5.74, 6) is 0.115. The van der Waals surface area contributed by atoms with E-state index in [4.69, 9.17) is 33.7 Å². The van der Waals surface area contributed by atoms with E-state index in [1.165, 1.54) is 18.4 Å². The van der Waals surface area contributed by atoms with Gasteiger partial charge in [0, 0.05) is 29.2 Å². The number of amides is 1. The van der Waals surface area contributed by atoms with Gasteiger partial charge in [-0.25, -0.2) is 4.68 Å². The number of hydrogen-bond acceptors (Lipinski definition) is 4.